The maximum absolute atomic E-state index is 11.5. The van der Waals surface area contributed by atoms with Gasteiger partial charge in [0.1, 0.15) is 5.82 Å². The molecule has 1 aliphatic carbocycles. The second kappa shape index (κ2) is 4.54. The fourth-order valence-corrected chi connectivity index (χ4v) is 3.35. The summed E-state index contributed by atoms with van der Waals surface area (Å²) in [6, 6.07) is 1.97. The van der Waals surface area contributed by atoms with Crippen LogP contribution in [0.5, 0.6) is 0 Å². The first-order valence-corrected chi connectivity index (χ1v) is 7.20. The van der Waals surface area contributed by atoms with E-state index in [-0.39, 0.29) is 17.7 Å². The molecule has 3 N–H and O–H groups in total. The maximum atomic E-state index is 11.5. The number of carbonyl (C=O) groups is 1. The molecule has 0 saturated heterocycles. The molecule has 0 bridgehead atoms. The predicted molar refractivity (Wildman–Crippen MR) is 76.5 cm³/mol. The summed E-state index contributed by atoms with van der Waals surface area (Å²) in [6.07, 6.45) is 7.21. The zero-order valence-corrected chi connectivity index (χ0v) is 11.5. The van der Waals surface area contributed by atoms with Crippen LogP contribution in [0.2, 0.25) is 0 Å². The Morgan fingerprint density at radius 2 is 2.29 bits per heavy atom. The Bertz CT molecular complexity index is 819. The van der Waals surface area contributed by atoms with Gasteiger partial charge < -0.3 is 10.7 Å². The van der Waals surface area contributed by atoms with Crippen molar-refractivity contribution in [2.24, 2.45) is 11.7 Å². The van der Waals surface area contributed by atoms with E-state index in [0.29, 0.717) is 0 Å². The van der Waals surface area contributed by atoms with E-state index in [4.69, 9.17) is 5.73 Å². The molecule has 0 radical (unpaired) electrons. The molecule has 7 heteroatoms. The largest absolute Gasteiger partial charge is 0.369 e. The Kier molecular flexibility index (Phi) is 2.66. The number of primary amides is 1. The average molecular weight is 284 g/mol. The minimum atomic E-state index is -0.207. The van der Waals surface area contributed by atoms with Crippen LogP contribution in [0.25, 0.3) is 16.8 Å². The third-order valence-electron chi connectivity index (χ3n) is 4.41. The summed E-state index contributed by atoms with van der Waals surface area (Å²) in [5.41, 5.74) is 7.98. The van der Waals surface area contributed by atoms with E-state index in [1.165, 1.54) is 0 Å². The molecule has 1 aliphatic rings. The van der Waals surface area contributed by atoms with Crippen LogP contribution in [0.3, 0.4) is 0 Å². The molecule has 4 rings (SSSR count). The fraction of sp³-hybridized carbons (Fsp3) is 0.429. The Balaban J connectivity index is 1.82. The highest BCUT2D eigenvalue weighted by molar-refractivity contribution is 5.77. The molecular weight excluding hydrogens is 268 g/mol. The van der Waals surface area contributed by atoms with E-state index in [9.17, 15) is 4.79 Å². The van der Waals surface area contributed by atoms with Crippen molar-refractivity contribution < 1.29 is 4.79 Å². The molecule has 1 amide bonds. The first kappa shape index (κ1) is 12.3. The van der Waals surface area contributed by atoms with E-state index in [2.05, 4.69) is 20.2 Å². The zero-order chi connectivity index (χ0) is 14.4. The molecule has 21 heavy (non-hydrogen) atoms. The van der Waals surface area contributed by atoms with Gasteiger partial charge in [-0.3, -0.25) is 9.20 Å². The molecule has 3 aromatic rings. The van der Waals surface area contributed by atoms with Crippen LogP contribution in [-0.4, -0.2) is 30.5 Å². The van der Waals surface area contributed by atoms with Crippen LogP contribution in [-0.2, 0) is 4.79 Å². The minimum Gasteiger partial charge on any atom is -0.369 e. The summed E-state index contributed by atoms with van der Waals surface area (Å²) in [7, 11) is 0. The Morgan fingerprint density at radius 1 is 1.38 bits per heavy atom. The highest BCUT2D eigenvalue weighted by Gasteiger charge is 2.30. The van der Waals surface area contributed by atoms with Crippen molar-refractivity contribution in [3.63, 3.8) is 0 Å². The van der Waals surface area contributed by atoms with Gasteiger partial charge in [0.25, 0.3) is 0 Å². The SMILES string of the molecule is NC(=O)[C@H]1CCC[C@@H](c2nnc3cnc4[nH]ccc4n23)C1. The number of H-pyrrole nitrogens is 1. The summed E-state index contributed by atoms with van der Waals surface area (Å²) in [5.74, 6) is 0.858. The molecule has 2 atom stereocenters. The second-order valence-electron chi connectivity index (χ2n) is 5.68. The van der Waals surface area contributed by atoms with Crippen LogP contribution >= 0.6 is 0 Å². The monoisotopic (exact) mass is 284 g/mol. The standard InChI is InChI=1S/C14H16N6O/c15-12(21)8-2-1-3-9(6-8)14-19-18-11-7-17-13-10(20(11)14)4-5-16-13/h4-5,7-9,16H,1-3,6H2,(H2,15,21)/t8-,9+/m0/s1. The third kappa shape index (κ3) is 1.88. The van der Waals surface area contributed by atoms with Crippen molar-refractivity contribution >= 4 is 22.7 Å². The minimum absolute atomic E-state index is 0.0559. The highest BCUT2D eigenvalue weighted by atomic mass is 16.1. The van der Waals surface area contributed by atoms with Crippen LogP contribution in [0, 0.1) is 5.92 Å². The molecule has 3 heterocycles. The average Bonchev–Trinajstić information content (AvgIpc) is 3.13. The van der Waals surface area contributed by atoms with E-state index in [0.717, 1.165) is 48.3 Å². The predicted octanol–water partition coefficient (Wildman–Crippen LogP) is 1.36. The van der Waals surface area contributed by atoms with Crippen molar-refractivity contribution in [2.45, 2.75) is 31.6 Å². The number of hydrogen-bond donors (Lipinski definition) is 2. The highest BCUT2D eigenvalue weighted by Crippen LogP contribution is 2.35. The summed E-state index contributed by atoms with van der Waals surface area (Å²) in [5, 5.41) is 8.56. The van der Waals surface area contributed by atoms with Gasteiger partial charge in [0.2, 0.25) is 5.91 Å². The molecule has 108 valence electrons. The normalized spacial score (nSPS) is 22.9. The number of nitrogens with one attached hydrogen (secondary N) is 1. The van der Waals surface area contributed by atoms with Gasteiger partial charge in [-0.25, -0.2) is 4.98 Å². The summed E-state index contributed by atoms with van der Waals surface area (Å²) >= 11 is 0. The number of nitrogens with two attached hydrogens (primary N) is 1. The van der Waals surface area contributed by atoms with Gasteiger partial charge >= 0.3 is 0 Å². The van der Waals surface area contributed by atoms with E-state index < -0.39 is 0 Å². The first-order chi connectivity index (χ1) is 10.2. The molecule has 1 saturated carbocycles. The van der Waals surface area contributed by atoms with Gasteiger partial charge in [-0.1, -0.05) is 6.42 Å². The number of amides is 1. The Labute approximate surface area is 120 Å². The fourth-order valence-electron chi connectivity index (χ4n) is 3.35. The number of aromatic nitrogens is 5. The number of fused-ring (bicyclic) bond motifs is 3. The summed E-state index contributed by atoms with van der Waals surface area (Å²) in [4.78, 5) is 18.9. The Hall–Kier alpha value is -2.44. The van der Waals surface area contributed by atoms with Crippen molar-refractivity contribution in [3.05, 3.63) is 24.3 Å². The van der Waals surface area contributed by atoms with Crippen molar-refractivity contribution in [1.82, 2.24) is 24.6 Å². The van der Waals surface area contributed by atoms with Crippen LogP contribution in [0.1, 0.15) is 37.4 Å². The molecule has 0 spiro atoms. The van der Waals surface area contributed by atoms with Crippen LogP contribution in [0.4, 0.5) is 0 Å². The van der Waals surface area contributed by atoms with Crippen molar-refractivity contribution in [3.8, 4) is 0 Å². The molecule has 1 fully saturated rings. The third-order valence-corrected chi connectivity index (χ3v) is 4.41. The van der Waals surface area contributed by atoms with Gasteiger partial charge in [-0.2, -0.15) is 0 Å². The summed E-state index contributed by atoms with van der Waals surface area (Å²) in [6.45, 7) is 0. The van der Waals surface area contributed by atoms with Crippen LogP contribution in [0.15, 0.2) is 18.5 Å². The lowest BCUT2D eigenvalue weighted by atomic mass is 9.80. The number of rotatable bonds is 2. The molecule has 0 aromatic carbocycles. The van der Waals surface area contributed by atoms with Gasteiger partial charge in [-0.15, -0.1) is 10.2 Å². The van der Waals surface area contributed by atoms with Crippen molar-refractivity contribution in [2.75, 3.05) is 0 Å². The lowest BCUT2D eigenvalue weighted by Gasteiger charge is -2.26. The molecular formula is C14H16N6O. The smallest absolute Gasteiger partial charge is 0.220 e. The lowest BCUT2D eigenvalue weighted by molar-refractivity contribution is -0.122. The zero-order valence-electron chi connectivity index (χ0n) is 11.5. The van der Waals surface area contributed by atoms with Crippen molar-refractivity contribution in [1.29, 1.82) is 0 Å². The lowest BCUT2D eigenvalue weighted by Crippen LogP contribution is -2.28. The number of carbonyl (C=O) groups excluding carboxylic acids is 1. The van der Waals surface area contributed by atoms with Gasteiger partial charge in [0.05, 0.1) is 11.7 Å². The quantitative estimate of drug-likeness (QED) is 0.741. The molecule has 0 aliphatic heterocycles. The Morgan fingerprint density at radius 3 is 3.14 bits per heavy atom. The summed E-state index contributed by atoms with van der Waals surface area (Å²) < 4.78 is 2.03. The van der Waals surface area contributed by atoms with E-state index in [1.54, 1.807) is 6.20 Å². The second-order valence-corrected chi connectivity index (χ2v) is 5.68. The van der Waals surface area contributed by atoms with Gasteiger partial charge in [0.15, 0.2) is 11.3 Å². The van der Waals surface area contributed by atoms with E-state index >= 15 is 0 Å². The number of nitrogens with zero attached hydrogens (tertiary/aromatic N) is 4. The maximum Gasteiger partial charge on any atom is 0.220 e. The van der Waals surface area contributed by atoms with E-state index in [1.807, 2.05) is 16.7 Å². The first-order valence-electron chi connectivity index (χ1n) is 7.20. The van der Waals surface area contributed by atoms with Gasteiger partial charge in [-0.05, 0) is 25.3 Å². The van der Waals surface area contributed by atoms with Crippen LogP contribution < -0.4 is 5.73 Å². The van der Waals surface area contributed by atoms with Gasteiger partial charge in [0, 0.05) is 18.0 Å². The number of aromatic amines is 1. The molecule has 7 nitrogen and oxygen atoms in total. The molecule has 3 aromatic heterocycles. The molecule has 0 unspecified atom stereocenters. The number of hydrogen-bond acceptors (Lipinski definition) is 4. The topological polar surface area (TPSA) is 102 Å².